The molecule has 1 aliphatic rings. The SMILES string of the molecule is CCNC(=NCCC1=CCOCC1)N(C)Cc1ccc(Cl)cc1.I. The van der Waals surface area contributed by atoms with Crippen molar-refractivity contribution < 1.29 is 4.74 Å². The van der Waals surface area contributed by atoms with Crippen LogP contribution in [0.4, 0.5) is 0 Å². The minimum Gasteiger partial charge on any atom is -0.377 e. The summed E-state index contributed by atoms with van der Waals surface area (Å²) in [6.45, 7) is 6.15. The number of ether oxygens (including phenoxy) is 1. The first kappa shape index (κ1) is 21.3. The number of aliphatic imine (C=N–C) groups is 1. The summed E-state index contributed by atoms with van der Waals surface area (Å²) < 4.78 is 5.34. The van der Waals surface area contributed by atoms with Crippen molar-refractivity contribution >= 4 is 41.5 Å². The van der Waals surface area contributed by atoms with Crippen molar-refractivity contribution in [3.63, 3.8) is 0 Å². The van der Waals surface area contributed by atoms with Crippen LogP contribution in [0.1, 0.15) is 25.3 Å². The molecule has 0 saturated carbocycles. The zero-order valence-electron chi connectivity index (χ0n) is 14.4. The Morgan fingerprint density at radius 2 is 2.08 bits per heavy atom. The van der Waals surface area contributed by atoms with Crippen molar-refractivity contribution in [3.8, 4) is 0 Å². The van der Waals surface area contributed by atoms with Gasteiger partial charge in [0.1, 0.15) is 0 Å². The van der Waals surface area contributed by atoms with Crippen LogP contribution in [0.25, 0.3) is 0 Å². The van der Waals surface area contributed by atoms with E-state index in [1.807, 2.05) is 12.1 Å². The lowest BCUT2D eigenvalue weighted by Gasteiger charge is -2.22. The summed E-state index contributed by atoms with van der Waals surface area (Å²) in [7, 11) is 2.06. The van der Waals surface area contributed by atoms with Gasteiger partial charge in [-0.1, -0.05) is 35.4 Å². The Labute approximate surface area is 167 Å². The Morgan fingerprint density at radius 3 is 2.71 bits per heavy atom. The van der Waals surface area contributed by atoms with Crippen molar-refractivity contribution in [1.82, 2.24) is 10.2 Å². The topological polar surface area (TPSA) is 36.9 Å². The maximum Gasteiger partial charge on any atom is 0.193 e. The second-order valence-electron chi connectivity index (χ2n) is 5.66. The minimum atomic E-state index is 0. The Bertz CT molecular complexity index is 546. The van der Waals surface area contributed by atoms with Gasteiger partial charge in [0.15, 0.2) is 5.96 Å². The van der Waals surface area contributed by atoms with Crippen LogP contribution in [0, 0.1) is 0 Å². The quantitative estimate of drug-likeness (QED) is 0.299. The first-order valence-electron chi connectivity index (χ1n) is 8.18. The van der Waals surface area contributed by atoms with E-state index >= 15 is 0 Å². The molecule has 1 heterocycles. The first-order valence-corrected chi connectivity index (χ1v) is 8.56. The monoisotopic (exact) mass is 463 g/mol. The molecule has 1 aromatic carbocycles. The molecule has 0 spiro atoms. The lowest BCUT2D eigenvalue weighted by molar-refractivity contribution is 0.153. The number of benzene rings is 1. The van der Waals surface area contributed by atoms with Crippen molar-refractivity contribution in [1.29, 1.82) is 0 Å². The summed E-state index contributed by atoms with van der Waals surface area (Å²) in [4.78, 5) is 6.89. The van der Waals surface area contributed by atoms with E-state index in [-0.39, 0.29) is 24.0 Å². The highest BCUT2D eigenvalue weighted by molar-refractivity contribution is 14.0. The normalized spacial score (nSPS) is 14.6. The maximum atomic E-state index is 5.94. The highest BCUT2D eigenvalue weighted by atomic mass is 127. The molecule has 0 unspecified atom stereocenters. The molecule has 0 saturated heterocycles. The molecule has 2 rings (SSSR count). The van der Waals surface area contributed by atoms with E-state index in [1.165, 1.54) is 11.1 Å². The molecule has 1 aromatic rings. The summed E-state index contributed by atoms with van der Waals surface area (Å²) in [5.41, 5.74) is 2.67. The molecule has 0 fully saturated rings. The van der Waals surface area contributed by atoms with E-state index in [2.05, 4.69) is 42.4 Å². The predicted molar refractivity (Wildman–Crippen MR) is 112 cm³/mol. The van der Waals surface area contributed by atoms with Crippen molar-refractivity contribution in [2.45, 2.75) is 26.3 Å². The second-order valence-corrected chi connectivity index (χ2v) is 6.09. The lowest BCUT2D eigenvalue weighted by atomic mass is 10.1. The lowest BCUT2D eigenvalue weighted by Crippen LogP contribution is -2.38. The number of nitrogens with one attached hydrogen (secondary N) is 1. The fraction of sp³-hybridized carbons (Fsp3) is 0.500. The van der Waals surface area contributed by atoms with Gasteiger partial charge in [0, 0.05) is 31.7 Å². The van der Waals surface area contributed by atoms with Gasteiger partial charge in [0.25, 0.3) is 0 Å². The number of nitrogens with zero attached hydrogens (tertiary/aromatic N) is 2. The van der Waals surface area contributed by atoms with E-state index in [1.54, 1.807) is 0 Å². The van der Waals surface area contributed by atoms with Crippen LogP contribution >= 0.6 is 35.6 Å². The Morgan fingerprint density at radius 1 is 1.33 bits per heavy atom. The average Bonchev–Trinajstić information content (AvgIpc) is 2.57. The van der Waals surface area contributed by atoms with Crippen LogP contribution in [-0.4, -0.2) is 44.2 Å². The van der Waals surface area contributed by atoms with Crippen molar-refractivity contribution in [3.05, 3.63) is 46.5 Å². The van der Waals surface area contributed by atoms with Crippen molar-refractivity contribution in [2.24, 2.45) is 4.99 Å². The molecule has 0 amide bonds. The molecule has 0 aliphatic carbocycles. The number of hydrogen-bond donors (Lipinski definition) is 1. The molecule has 0 atom stereocenters. The molecular formula is C18H27ClIN3O. The molecule has 24 heavy (non-hydrogen) atoms. The molecule has 1 N–H and O–H groups in total. The Balaban J connectivity index is 0.00000288. The van der Waals surface area contributed by atoms with Gasteiger partial charge < -0.3 is 15.0 Å². The van der Waals surface area contributed by atoms with Gasteiger partial charge in [-0.05, 0) is 37.5 Å². The van der Waals surface area contributed by atoms with Gasteiger partial charge in [-0.15, -0.1) is 24.0 Å². The van der Waals surface area contributed by atoms with E-state index in [9.17, 15) is 0 Å². The van der Waals surface area contributed by atoms with Crippen LogP contribution in [0.15, 0.2) is 40.9 Å². The van der Waals surface area contributed by atoms with Gasteiger partial charge in [0.05, 0.1) is 13.2 Å². The zero-order chi connectivity index (χ0) is 16.5. The summed E-state index contributed by atoms with van der Waals surface area (Å²) in [6.07, 6.45) is 4.23. The fourth-order valence-corrected chi connectivity index (χ4v) is 2.63. The smallest absolute Gasteiger partial charge is 0.193 e. The standard InChI is InChI=1S/C18H26ClN3O.HI/c1-3-20-18(21-11-8-15-9-12-23-13-10-15)22(2)14-16-4-6-17(19)7-5-16;/h4-7,9H,3,8,10-14H2,1-2H3,(H,20,21);1H. The van der Waals surface area contributed by atoms with Crippen molar-refractivity contribution in [2.75, 3.05) is 33.4 Å². The molecule has 1 aliphatic heterocycles. The van der Waals surface area contributed by atoms with E-state index in [4.69, 9.17) is 21.3 Å². The number of rotatable bonds is 6. The molecule has 0 bridgehead atoms. The van der Waals surface area contributed by atoms with Crippen LogP contribution < -0.4 is 5.32 Å². The third-order valence-corrected chi connectivity index (χ3v) is 4.03. The van der Waals surface area contributed by atoms with Gasteiger partial charge >= 0.3 is 0 Å². The van der Waals surface area contributed by atoms with Crippen LogP contribution in [0.5, 0.6) is 0 Å². The summed E-state index contributed by atoms with van der Waals surface area (Å²) in [5, 5.41) is 4.12. The number of halogens is 2. The van der Waals surface area contributed by atoms with Crippen LogP contribution in [0.3, 0.4) is 0 Å². The zero-order valence-corrected chi connectivity index (χ0v) is 17.5. The van der Waals surface area contributed by atoms with Gasteiger partial charge in [-0.25, -0.2) is 0 Å². The van der Waals surface area contributed by atoms with Crippen LogP contribution in [-0.2, 0) is 11.3 Å². The minimum absolute atomic E-state index is 0. The predicted octanol–water partition coefficient (Wildman–Crippen LogP) is 4.09. The molecule has 6 heteroatoms. The average molecular weight is 464 g/mol. The fourth-order valence-electron chi connectivity index (χ4n) is 2.51. The Kier molecular flexibility index (Phi) is 10.4. The number of guanidine groups is 1. The van der Waals surface area contributed by atoms with E-state index in [0.717, 1.165) is 56.7 Å². The van der Waals surface area contributed by atoms with Crippen LogP contribution in [0.2, 0.25) is 5.02 Å². The van der Waals surface area contributed by atoms with E-state index in [0.29, 0.717) is 0 Å². The largest absolute Gasteiger partial charge is 0.377 e. The van der Waals surface area contributed by atoms with Gasteiger partial charge in [-0.2, -0.15) is 0 Å². The molecular weight excluding hydrogens is 437 g/mol. The number of hydrogen-bond acceptors (Lipinski definition) is 2. The molecule has 0 radical (unpaired) electrons. The maximum absolute atomic E-state index is 5.94. The first-order chi connectivity index (χ1) is 11.2. The van der Waals surface area contributed by atoms with E-state index < -0.39 is 0 Å². The van der Waals surface area contributed by atoms with Gasteiger partial charge in [-0.3, -0.25) is 4.99 Å². The highest BCUT2D eigenvalue weighted by Gasteiger charge is 2.07. The summed E-state index contributed by atoms with van der Waals surface area (Å²) in [5.74, 6) is 0.940. The Hall–Kier alpha value is -0.790. The molecule has 134 valence electrons. The summed E-state index contributed by atoms with van der Waals surface area (Å²) >= 11 is 5.94. The molecule has 0 aromatic heterocycles. The second kappa shape index (κ2) is 11.7. The summed E-state index contributed by atoms with van der Waals surface area (Å²) in [6, 6.07) is 7.95. The highest BCUT2D eigenvalue weighted by Crippen LogP contribution is 2.13. The molecule has 4 nitrogen and oxygen atoms in total. The van der Waals surface area contributed by atoms with Gasteiger partial charge in [0.2, 0.25) is 0 Å². The third-order valence-electron chi connectivity index (χ3n) is 3.78. The third kappa shape index (κ3) is 7.40.